The van der Waals surface area contributed by atoms with Crippen molar-refractivity contribution in [2.75, 3.05) is 26.7 Å². The summed E-state index contributed by atoms with van der Waals surface area (Å²) in [5, 5.41) is 0. The molecule has 1 amide bonds. The zero-order chi connectivity index (χ0) is 27.2. The van der Waals surface area contributed by atoms with Gasteiger partial charge in [-0.05, 0) is 99.4 Å². The van der Waals surface area contributed by atoms with Gasteiger partial charge in [0.15, 0.2) is 0 Å². The average Bonchev–Trinajstić information content (AvgIpc) is 3.76. The summed E-state index contributed by atoms with van der Waals surface area (Å²) in [6.45, 7) is 4.95. The van der Waals surface area contributed by atoms with Gasteiger partial charge in [0, 0.05) is 44.9 Å². The Labute approximate surface area is 234 Å². The number of unbranched alkanes of at least 4 members (excludes halogenated alkanes) is 2. The Kier molecular flexibility index (Phi) is 9.06. The number of hydrogen-bond acceptors (Lipinski definition) is 4. The number of likely N-dealkylation sites (tertiary alicyclic amines) is 1. The highest BCUT2D eigenvalue weighted by atomic mass is 16.5. The molecular formula is C34H46N2O3. The number of piperidine rings is 1. The zero-order valence-electron chi connectivity index (χ0n) is 23.9. The average molecular weight is 531 g/mol. The smallest absolute Gasteiger partial charge is 0.308 e. The molecule has 2 aromatic carbocycles. The molecule has 1 saturated heterocycles. The largest absolute Gasteiger partial charge is 0.427 e. The molecule has 3 fully saturated rings. The number of aryl methyl sites for hydroxylation is 1. The third kappa shape index (κ3) is 7.11. The van der Waals surface area contributed by atoms with Crippen LogP contribution in [0.25, 0.3) is 0 Å². The van der Waals surface area contributed by atoms with Gasteiger partial charge < -0.3 is 14.5 Å². The number of amides is 1. The van der Waals surface area contributed by atoms with Crippen LogP contribution in [0.3, 0.4) is 0 Å². The predicted octanol–water partition coefficient (Wildman–Crippen LogP) is 6.40. The molecular weight excluding hydrogens is 484 g/mol. The highest BCUT2D eigenvalue weighted by molar-refractivity contribution is 5.76. The summed E-state index contributed by atoms with van der Waals surface area (Å²) < 4.78 is 5.50. The van der Waals surface area contributed by atoms with Crippen molar-refractivity contribution in [1.82, 2.24) is 9.80 Å². The fourth-order valence-electron chi connectivity index (χ4n) is 7.19. The van der Waals surface area contributed by atoms with E-state index < -0.39 is 0 Å². The van der Waals surface area contributed by atoms with Gasteiger partial charge in [-0.25, -0.2) is 0 Å². The molecule has 5 heteroatoms. The first kappa shape index (κ1) is 27.9. The Balaban J connectivity index is 1.23. The monoisotopic (exact) mass is 530 g/mol. The van der Waals surface area contributed by atoms with Gasteiger partial charge in [0.1, 0.15) is 5.75 Å². The third-order valence-corrected chi connectivity index (χ3v) is 9.61. The van der Waals surface area contributed by atoms with Crippen LogP contribution in [-0.4, -0.2) is 54.4 Å². The number of carbonyl (C=O) groups excluding carboxylic acids is 2. The molecule has 210 valence electrons. The van der Waals surface area contributed by atoms with Crippen molar-refractivity contribution in [3.05, 3.63) is 65.7 Å². The predicted molar refractivity (Wildman–Crippen MR) is 156 cm³/mol. The summed E-state index contributed by atoms with van der Waals surface area (Å²) in [6.07, 6.45) is 12.0. The van der Waals surface area contributed by atoms with Crippen molar-refractivity contribution in [1.29, 1.82) is 0 Å². The first-order chi connectivity index (χ1) is 18.9. The van der Waals surface area contributed by atoms with Crippen LogP contribution in [0.5, 0.6) is 5.75 Å². The Morgan fingerprint density at radius 1 is 1.00 bits per heavy atom. The fraction of sp³-hybridized carbons (Fsp3) is 0.588. The lowest BCUT2D eigenvalue weighted by Crippen LogP contribution is -2.56. The minimum Gasteiger partial charge on any atom is -0.427 e. The molecule has 1 aliphatic heterocycles. The topological polar surface area (TPSA) is 49.9 Å². The normalized spacial score (nSPS) is 25.1. The molecule has 0 radical (unpaired) electrons. The van der Waals surface area contributed by atoms with Crippen LogP contribution >= 0.6 is 0 Å². The molecule has 3 aliphatic rings. The Morgan fingerprint density at radius 2 is 1.82 bits per heavy atom. The quantitative estimate of drug-likeness (QED) is 0.192. The molecule has 39 heavy (non-hydrogen) atoms. The molecule has 0 bridgehead atoms. The lowest BCUT2D eigenvalue weighted by Gasteiger charge is -2.54. The summed E-state index contributed by atoms with van der Waals surface area (Å²) >= 11 is 0. The lowest BCUT2D eigenvalue weighted by molar-refractivity contribution is -0.134. The molecule has 0 spiro atoms. The fourth-order valence-corrected chi connectivity index (χ4v) is 7.19. The van der Waals surface area contributed by atoms with Gasteiger partial charge in [0.05, 0.1) is 0 Å². The van der Waals surface area contributed by atoms with E-state index in [0.29, 0.717) is 18.1 Å². The molecule has 2 saturated carbocycles. The molecule has 5 nitrogen and oxygen atoms in total. The van der Waals surface area contributed by atoms with E-state index in [1.165, 1.54) is 37.4 Å². The second kappa shape index (κ2) is 12.7. The number of fused-ring (bicyclic) bond motifs is 1. The van der Waals surface area contributed by atoms with E-state index in [2.05, 4.69) is 52.3 Å². The molecule has 0 unspecified atom stereocenters. The molecule has 2 aliphatic carbocycles. The van der Waals surface area contributed by atoms with E-state index >= 15 is 0 Å². The Hall–Kier alpha value is -2.66. The first-order valence-electron chi connectivity index (χ1n) is 15.2. The van der Waals surface area contributed by atoms with Gasteiger partial charge in [-0.2, -0.15) is 0 Å². The minimum absolute atomic E-state index is 0.0172. The molecule has 1 heterocycles. The van der Waals surface area contributed by atoms with Crippen molar-refractivity contribution in [2.45, 2.75) is 89.0 Å². The number of carbonyl (C=O) groups is 2. The number of rotatable bonds is 11. The van der Waals surface area contributed by atoms with Crippen molar-refractivity contribution in [3.8, 4) is 5.75 Å². The van der Waals surface area contributed by atoms with Crippen molar-refractivity contribution in [3.63, 3.8) is 0 Å². The molecule has 3 atom stereocenters. The summed E-state index contributed by atoms with van der Waals surface area (Å²) in [5.41, 5.74) is 2.68. The second-order valence-corrected chi connectivity index (χ2v) is 12.4. The third-order valence-electron chi connectivity index (χ3n) is 9.61. The summed E-state index contributed by atoms with van der Waals surface area (Å²) in [7, 11) is 2.03. The molecule has 0 N–H and O–H groups in total. The van der Waals surface area contributed by atoms with E-state index in [-0.39, 0.29) is 23.3 Å². The summed E-state index contributed by atoms with van der Waals surface area (Å²) in [5.74, 6) is 2.10. The number of nitrogens with zero attached hydrogens (tertiary/aromatic N) is 2. The summed E-state index contributed by atoms with van der Waals surface area (Å²) in [6, 6.07) is 19.1. The SMILES string of the molecule is CC(=O)Oc1cccc([C@@]23CCN(CC4CC4)C[C@H]2CC[C@H](N(C)C(=O)CCCCCc2ccccc2)C3)c1. The van der Waals surface area contributed by atoms with Crippen LogP contribution in [0.1, 0.15) is 82.3 Å². The maximum Gasteiger partial charge on any atom is 0.308 e. The maximum atomic E-state index is 13.3. The lowest BCUT2D eigenvalue weighted by atomic mass is 9.57. The minimum atomic E-state index is -0.281. The van der Waals surface area contributed by atoms with Crippen LogP contribution in [-0.2, 0) is 21.4 Å². The van der Waals surface area contributed by atoms with E-state index in [1.807, 2.05) is 19.2 Å². The maximum absolute atomic E-state index is 13.3. The Bertz CT molecular complexity index is 1110. The Morgan fingerprint density at radius 3 is 2.59 bits per heavy atom. The molecule has 2 aromatic rings. The number of hydrogen-bond donors (Lipinski definition) is 0. The van der Waals surface area contributed by atoms with Crippen LogP contribution in [0.4, 0.5) is 0 Å². The van der Waals surface area contributed by atoms with Gasteiger partial charge in [-0.15, -0.1) is 0 Å². The number of ether oxygens (including phenoxy) is 1. The van der Waals surface area contributed by atoms with Crippen molar-refractivity contribution < 1.29 is 14.3 Å². The highest BCUT2D eigenvalue weighted by Crippen LogP contribution is 2.51. The van der Waals surface area contributed by atoms with Crippen molar-refractivity contribution in [2.24, 2.45) is 11.8 Å². The van der Waals surface area contributed by atoms with E-state index in [0.717, 1.165) is 70.4 Å². The van der Waals surface area contributed by atoms with Gasteiger partial charge in [-0.3, -0.25) is 9.59 Å². The summed E-state index contributed by atoms with van der Waals surface area (Å²) in [4.78, 5) is 29.7. The van der Waals surface area contributed by atoms with Gasteiger partial charge in [-0.1, -0.05) is 48.9 Å². The van der Waals surface area contributed by atoms with Gasteiger partial charge in [0.25, 0.3) is 0 Å². The highest BCUT2D eigenvalue weighted by Gasteiger charge is 2.49. The van der Waals surface area contributed by atoms with Crippen LogP contribution < -0.4 is 4.74 Å². The van der Waals surface area contributed by atoms with Crippen LogP contribution in [0, 0.1) is 11.8 Å². The van der Waals surface area contributed by atoms with Gasteiger partial charge in [0.2, 0.25) is 5.91 Å². The van der Waals surface area contributed by atoms with Gasteiger partial charge >= 0.3 is 5.97 Å². The zero-order valence-corrected chi connectivity index (χ0v) is 23.9. The standard InChI is InChI=1S/C34H46N2O3/c1-26(37)39-32-14-9-13-29(22-32)34-20-21-36(24-28-16-17-28)25-30(34)18-19-31(23-34)35(2)33(38)15-8-4-7-12-27-10-5-3-6-11-27/h3,5-6,9-11,13-14,22,28,30-31H,4,7-8,12,15-21,23-25H2,1-2H3/t30-,31+,34+/m1/s1. The first-order valence-corrected chi connectivity index (χ1v) is 15.2. The van der Waals surface area contributed by atoms with E-state index in [1.54, 1.807) is 0 Å². The van der Waals surface area contributed by atoms with E-state index in [9.17, 15) is 9.59 Å². The molecule has 5 rings (SSSR count). The van der Waals surface area contributed by atoms with E-state index in [4.69, 9.17) is 4.74 Å². The second-order valence-electron chi connectivity index (χ2n) is 12.4. The molecule has 0 aromatic heterocycles. The number of esters is 1. The van der Waals surface area contributed by atoms with Crippen LogP contribution in [0.15, 0.2) is 54.6 Å². The van der Waals surface area contributed by atoms with Crippen LogP contribution in [0.2, 0.25) is 0 Å². The van der Waals surface area contributed by atoms with Crippen molar-refractivity contribution >= 4 is 11.9 Å². The number of benzene rings is 2.